The molecule has 2 amide bonds. The smallest absolute Gasteiger partial charge is 0.336 e. The predicted octanol–water partition coefficient (Wildman–Crippen LogP) is 2.45. The molecule has 3 rings (SSSR count). The van der Waals surface area contributed by atoms with Gasteiger partial charge in [0.25, 0.3) is 0 Å². The summed E-state index contributed by atoms with van der Waals surface area (Å²) < 4.78 is 31.6. The van der Waals surface area contributed by atoms with Crippen LogP contribution < -0.4 is 5.32 Å². The van der Waals surface area contributed by atoms with Gasteiger partial charge < -0.3 is 15.0 Å². The van der Waals surface area contributed by atoms with E-state index in [0.717, 1.165) is 23.3 Å². The van der Waals surface area contributed by atoms with Crippen LogP contribution in [0.4, 0.5) is 8.78 Å². The van der Waals surface area contributed by atoms with Crippen molar-refractivity contribution in [1.29, 1.82) is 0 Å². The van der Waals surface area contributed by atoms with E-state index in [0.29, 0.717) is 6.07 Å². The molecule has 0 saturated carbocycles. The van der Waals surface area contributed by atoms with Gasteiger partial charge in [-0.15, -0.1) is 0 Å². The van der Waals surface area contributed by atoms with Crippen LogP contribution in [0.25, 0.3) is 0 Å². The molecule has 2 aromatic carbocycles. The number of fused-ring (bicyclic) bond motifs is 1. The van der Waals surface area contributed by atoms with E-state index in [-0.39, 0.29) is 31.4 Å². The number of carbonyl (C=O) groups excluding carboxylic acids is 4. The molecule has 1 aliphatic rings. The first-order valence-corrected chi connectivity index (χ1v) is 10.5. The summed E-state index contributed by atoms with van der Waals surface area (Å²) in [6, 6.07) is 8.00. The average molecular weight is 458 g/mol. The predicted molar refractivity (Wildman–Crippen MR) is 114 cm³/mol. The maximum absolute atomic E-state index is 13.4. The summed E-state index contributed by atoms with van der Waals surface area (Å²) in [5, 5.41) is 2.51. The lowest BCUT2D eigenvalue weighted by Gasteiger charge is -2.36. The van der Waals surface area contributed by atoms with E-state index in [1.807, 2.05) is 24.3 Å². The number of esters is 2. The van der Waals surface area contributed by atoms with Gasteiger partial charge in [0.2, 0.25) is 11.8 Å². The highest BCUT2D eigenvalue weighted by Gasteiger charge is 2.38. The molecule has 33 heavy (non-hydrogen) atoms. The van der Waals surface area contributed by atoms with E-state index in [1.165, 1.54) is 11.8 Å². The van der Waals surface area contributed by atoms with Gasteiger partial charge in [0.1, 0.15) is 23.7 Å². The van der Waals surface area contributed by atoms with Gasteiger partial charge in [0.05, 0.1) is 6.42 Å². The molecule has 2 atom stereocenters. The van der Waals surface area contributed by atoms with E-state index in [4.69, 9.17) is 4.74 Å². The largest absolute Gasteiger partial charge is 0.392 e. The monoisotopic (exact) mass is 458 g/mol. The molecule has 1 unspecified atom stereocenters. The van der Waals surface area contributed by atoms with Gasteiger partial charge in [-0.2, -0.15) is 0 Å². The molecule has 0 saturated heterocycles. The van der Waals surface area contributed by atoms with Crippen LogP contribution >= 0.6 is 0 Å². The third kappa shape index (κ3) is 6.00. The number of amides is 2. The Balaban J connectivity index is 1.74. The zero-order valence-corrected chi connectivity index (χ0v) is 18.3. The summed E-state index contributed by atoms with van der Waals surface area (Å²) in [5.74, 6) is -4.31. The Morgan fingerprint density at radius 3 is 2.36 bits per heavy atom. The lowest BCUT2D eigenvalue weighted by atomic mass is 9.93. The molecule has 1 aliphatic heterocycles. The van der Waals surface area contributed by atoms with Crippen LogP contribution in [-0.4, -0.2) is 40.7 Å². The Bertz CT molecular complexity index is 1070. The second kappa shape index (κ2) is 10.3. The number of hydrogen-bond acceptors (Lipinski definition) is 5. The van der Waals surface area contributed by atoms with Crippen molar-refractivity contribution < 1.29 is 32.7 Å². The highest BCUT2D eigenvalue weighted by molar-refractivity contribution is 5.94. The fourth-order valence-electron chi connectivity index (χ4n) is 3.72. The Morgan fingerprint density at radius 1 is 1.09 bits per heavy atom. The minimum Gasteiger partial charge on any atom is -0.392 e. The van der Waals surface area contributed by atoms with Crippen molar-refractivity contribution in [3.8, 4) is 0 Å². The number of carbonyl (C=O) groups is 4. The number of halogens is 2. The minimum atomic E-state index is -1.03. The van der Waals surface area contributed by atoms with Crippen molar-refractivity contribution in [3.05, 3.63) is 70.8 Å². The zero-order chi connectivity index (χ0) is 24.1. The van der Waals surface area contributed by atoms with E-state index >= 15 is 0 Å². The fraction of sp³-hybridized carbons (Fsp3) is 0.333. The number of benzene rings is 2. The molecule has 0 aliphatic carbocycles. The van der Waals surface area contributed by atoms with Gasteiger partial charge in [-0.25, -0.2) is 13.6 Å². The third-order valence-electron chi connectivity index (χ3n) is 5.34. The number of nitrogens with one attached hydrogen (secondary N) is 1. The Kier molecular flexibility index (Phi) is 7.52. The van der Waals surface area contributed by atoms with Crippen molar-refractivity contribution in [1.82, 2.24) is 10.2 Å². The Morgan fingerprint density at radius 2 is 1.73 bits per heavy atom. The molecule has 0 bridgehead atoms. The highest BCUT2D eigenvalue weighted by Crippen LogP contribution is 2.25. The van der Waals surface area contributed by atoms with Crippen molar-refractivity contribution in [2.45, 2.75) is 51.7 Å². The minimum absolute atomic E-state index is 0.0100. The fourth-order valence-corrected chi connectivity index (χ4v) is 3.72. The first kappa shape index (κ1) is 24.0. The number of rotatable bonds is 6. The van der Waals surface area contributed by atoms with Gasteiger partial charge in [-0.3, -0.25) is 14.4 Å². The van der Waals surface area contributed by atoms with Crippen molar-refractivity contribution in [2.24, 2.45) is 0 Å². The quantitative estimate of drug-likeness (QED) is 0.530. The SMILES string of the molecule is CCC(=O)OC(=O)C1Cc2ccccc2CN1C(=O)[C@H](C)NC(=O)Cc1cc(F)cc(F)c1. The van der Waals surface area contributed by atoms with Crippen molar-refractivity contribution >= 4 is 23.8 Å². The van der Waals surface area contributed by atoms with E-state index < -0.39 is 47.5 Å². The van der Waals surface area contributed by atoms with Crippen LogP contribution in [0.5, 0.6) is 0 Å². The molecule has 0 radical (unpaired) electrons. The molecule has 0 aromatic heterocycles. The van der Waals surface area contributed by atoms with Gasteiger partial charge >= 0.3 is 11.9 Å². The summed E-state index contributed by atoms with van der Waals surface area (Å²) in [7, 11) is 0. The number of ether oxygens (including phenoxy) is 1. The maximum atomic E-state index is 13.4. The number of nitrogens with zero attached hydrogens (tertiary/aromatic N) is 1. The summed E-state index contributed by atoms with van der Waals surface area (Å²) in [6.45, 7) is 3.10. The molecular weight excluding hydrogens is 434 g/mol. The molecule has 0 fully saturated rings. The molecule has 7 nitrogen and oxygen atoms in total. The van der Waals surface area contributed by atoms with Gasteiger partial charge in [0.15, 0.2) is 0 Å². The molecule has 9 heteroatoms. The standard InChI is InChI=1S/C24H24F2N2O5/c1-3-22(30)33-24(32)20-11-16-6-4-5-7-17(16)13-28(20)23(31)14(2)27-21(29)10-15-8-18(25)12-19(26)9-15/h4-9,12,14,20H,3,10-11,13H2,1-2H3,(H,27,29)/t14-,20?/m0/s1. The van der Waals surface area contributed by atoms with Crippen LogP contribution in [0.15, 0.2) is 42.5 Å². The van der Waals surface area contributed by atoms with Crippen LogP contribution in [0.1, 0.15) is 37.0 Å². The second-order valence-corrected chi connectivity index (χ2v) is 7.85. The highest BCUT2D eigenvalue weighted by atomic mass is 19.1. The summed E-state index contributed by atoms with van der Waals surface area (Å²) in [5.41, 5.74) is 1.82. The average Bonchev–Trinajstić information content (AvgIpc) is 2.76. The topological polar surface area (TPSA) is 92.8 Å². The lowest BCUT2D eigenvalue weighted by molar-refractivity contribution is -0.166. The zero-order valence-electron chi connectivity index (χ0n) is 18.3. The first-order valence-electron chi connectivity index (χ1n) is 10.5. The van der Waals surface area contributed by atoms with Gasteiger partial charge in [-0.1, -0.05) is 31.2 Å². The Hall–Kier alpha value is -3.62. The summed E-state index contributed by atoms with van der Waals surface area (Å²) in [4.78, 5) is 51.1. The maximum Gasteiger partial charge on any atom is 0.336 e. The number of hydrogen-bond donors (Lipinski definition) is 1. The molecule has 174 valence electrons. The van der Waals surface area contributed by atoms with Gasteiger partial charge in [-0.05, 0) is 35.7 Å². The van der Waals surface area contributed by atoms with Crippen LogP contribution in [0.2, 0.25) is 0 Å². The van der Waals surface area contributed by atoms with Gasteiger partial charge in [0, 0.05) is 25.5 Å². The van der Waals surface area contributed by atoms with Crippen molar-refractivity contribution in [2.75, 3.05) is 0 Å². The van der Waals surface area contributed by atoms with Crippen LogP contribution in [0.3, 0.4) is 0 Å². The van der Waals surface area contributed by atoms with Crippen molar-refractivity contribution in [3.63, 3.8) is 0 Å². The Labute approximate surface area is 189 Å². The molecule has 1 heterocycles. The molecule has 1 N–H and O–H groups in total. The van der Waals surface area contributed by atoms with E-state index in [2.05, 4.69) is 5.32 Å². The first-order chi connectivity index (χ1) is 15.7. The molecular formula is C24H24F2N2O5. The normalized spacial score (nSPS) is 15.9. The third-order valence-corrected chi connectivity index (χ3v) is 5.34. The second-order valence-electron chi connectivity index (χ2n) is 7.85. The lowest BCUT2D eigenvalue weighted by Crippen LogP contribution is -2.55. The van der Waals surface area contributed by atoms with Crippen LogP contribution in [0, 0.1) is 11.6 Å². The summed E-state index contributed by atoms with van der Waals surface area (Å²) >= 11 is 0. The molecule has 0 spiro atoms. The van der Waals surface area contributed by atoms with Crippen LogP contribution in [-0.2, 0) is 43.3 Å². The van der Waals surface area contributed by atoms with E-state index in [1.54, 1.807) is 6.92 Å². The molecule has 2 aromatic rings. The van der Waals surface area contributed by atoms with E-state index in [9.17, 15) is 28.0 Å². The summed E-state index contributed by atoms with van der Waals surface area (Å²) in [6.07, 6.45) is -0.150.